The molecule has 0 aromatic heterocycles. The first-order chi connectivity index (χ1) is 9.29. The highest BCUT2D eigenvalue weighted by Crippen LogP contribution is 2.31. The number of hydrogen-bond acceptors (Lipinski definition) is 3. The molecular formula is C16H22N2O. The van der Waals surface area contributed by atoms with Crippen molar-refractivity contribution in [1.82, 2.24) is 5.32 Å². The van der Waals surface area contributed by atoms with E-state index < -0.39 is 0 Å². The standard InChI is InChI=1S/C16H22N2O/c17-12-9-15(14-7-3-1-4-8-14)18-16(13-19)10-5-2-6-11-16/h1,3-4,7-8,15,18-19H,2,5-6,9-11,13H2. The van der Waals surface area contributed by atoms with Gasteiger partial charge in [-0.3, -0.25) is 0 Å². The van der Waals surface area contributed by atoms with Crippen molar-refractivity contribution in [3.63, 3.8) is 0 Å². The van der Waals surface area contributed by atoms with Gasteiger partial charge in [-0.25, -0.2) is 0 Å². The Hall–Kier alpha value is -1.37. The van der Waals surface area contributed by atoms with Gasteiger partial charge in [0.25, 0.3) is 0 Å². The number of benzene rings is 1. The third kappa shape index (κ3) is 3.56. The molecule has 0 aliphatic heterocycles. The van der Waals surface area contributed by atoms with Crippen molar-refractivity contribution in [2.45, 2.75) is 50.1 Å². The van der Waals surface area contributed by atoms with Gasteiger partial charge in [-0.05, 0) is 18.4 Å². The summed E-state index contributed by atoms with van der Waals surface area (Å²) in [5.74, 6) is 0. The van der Waals surface area contributed by atoms with Crippen LogP contribution in [0.3, 0.4) is 0 Å². The van der Waals surface area contributed by atoms with Gasteiger partial charge in [0, 0.05) is 11.6 Å². The van der Waals surface area contributed by atoms with E-state index >= 15 is 0 Å². The Morgan fingerprint density at radius 3 is 2.47 bits per heavy atom. The molecule has 1 unspecified atom stereocenters. The first-order valence-electron chi connectivity index (χ1n) is 7.10. The van der Waals surface area contributed by atoms with E-state index in [1.165, 1.54) is 6.42 Å². The Morgan fingerprint density at radius 2 is 1.89 bits per heavy atom. The predicted molar refractivity (Wildman–Crippen MR) is 75.5 cm³/mol. The van der Waals surface area contributed by atoms with Crippen LogP contribution in [-0.4, -0.2) is 17.3 Å². The molecule has 1 atom stereocenters. The fraction of sp³-hybridized carbons (Fsp3) is 0.562. The summed E-state index contributed by atoms with van der Waals surface area (Å²) in [7, 11) is 0. The van der Waals surface area contributed by atoms with Crippen LogP contribution in [0.4, 0.5) is 0 Å². The molecule has 0 spiro atoms. The van der Waals surface area contributed by atoms with E-state index in [9.17, 15) is 5.11 Å². The normalized spacial score (nSPS) is 19.6. The zero-order valence-corrected chi connectivity index (χ0v) is 11.3. The van der Waals surface area contributed by atoms with Crippen molar-refractivity contribution in [2.75, 3.05) is 6.61 Å². The summed E-state index contributed by atoms with van der Waals surface area (Å²) in [5, 5.41) is 22.4. The number of nitrogens with one attached hydrogen (secondary N) is 1. The lowest BCUT2D eigenvalue weighted by Gasteiger charge is -2.39. The van der Waals surface area contributed by atoms with Gasteiger partial charge < -0.3 is 10.4 Å². The van der Waals surface area contributed by atoms with Gasteiger partial charge in [-0.1, -0.05) is 49.6 Å². The van der Waals surface area contributed by atoms with Crippen LogP contribution in [-0.2, 0) is 0 Å². The van der Waals surface area contributed by atoms with Crippen LogP contribution in [0.5, 0.6) is 0 Å². The second kappa shape index (κ2) is 6.70. The number of nitrogens with zero attached hydrogens (tertiary/aromatic N) is 1. The number of nitriles is 1. The Balaban J connectivity index is 2.13. The smallest absolute Gasteiger partial charge is 0.0641 e. The Labute approximate surface area is 115 Å². The molecule has 1 aliphatic rings. The fourth-order valence-corrected chi connectivity index (χ4v) is 2.98. The molecule has 1 saturated carbocycles. The van der Waals surface area contributed by atoms with Gasteiger partial charge in [0.15, 0.2) is 0 Å². The molecule has 0 heterocycles. The molecular weight excluding hydrogens is 236 g/mol. The van der Waals surface area contributed by atoms with Crippen molar-refractivity contribution in [3.8, 4) is 6.07 Å². The molecule has 3 nitrogen and oxygen atoms in total. The maximum Gasteiger partial charge on any atom is 0.0641 e. The summed E-state index contributed by atoms with van der Waals surface area (Å²) in [6.45, 7) is 0.155. The highest BCUT2D eigenvalue weighted by Gasteiger charge is 2.33. The molecule has 0 radical (unpaired) electrons. The average Bonchev–Trinajstić information content (AvgIpc) is 2.49. The molecule has 3 heteroatoms. The van der Waals surface area contributed by atoms with Crippen molar-refractivity contribution in [2.24, 2.45) is 0 Å². The van der Waals surface area contributed by atoms with Gasteiger partial charge >= 0.3 is 0 Å². The number of aliphatic hydroxyl groups is 1. The van der Waals surface area contributed by atoms with Gasteiger partial charge in [-0.2, -0.15) is 5.26 Å². The van der Waals surface area contributed by atoms with E-state index in [-0.39, 0.29) is 18.2 Å². The SMILES string of the molecule is N#CCC(NC1(CO)CCCCC1)c1ccccc1. The summed E-state index contributed by atoms with van der Waals surface area (Å²) in [4.78, 5) is 0. The first kappa shape index (κ1) is 14.0. The minimum atomic E-state index is -0.199. The number of hydrogen-bond donors (Lipinski definition) is 2. The number of aliphatic hydroxyl groups excluding tert-OH is 1. The zero-order chi connectivity index (χ0) is 13.6. The largest absolute Gasteiger partial charge is 0.394 e. The maximum atomic E-state index is 9.76. The third-order valence-corrected chi connectivity index (χ3v) is 4.09. The Morgan fingerprint density at radius 1 is 1.21 bits per heavy atom. The second-order valence-electron chi connectivity index (χ2n) is 5.47. The van der Waals surface area contributed by atoms with Crippen LogP contribution >= 0.6 is 0 Å². The molecule has 1 fully saturated rings. The van der Waals surface area contributed by atoms with Crippen LogP contribution in [0.25, 0.3) is 0 Å². The van der Waals surface area contributed by atoms with Gasteiger partial charge in [0.2, 0.25) is 0 Å². The average molecular weight is 258 g/mol. The number of rotatable bonds is 5. The summed E-state index contributed by atoms with van der Waals surface area (Å²) >= 11 is 0. The van der Waals surface area contributed by atoms with E-state index in [0.29, 0.717) is 6.42 Å². The molecule has 102 valence electrons. The quantitative estimate of drug-likeness (QED) is 0.853. The van der Waals surface area contributed by atoms with Crippen molar-refractivity contribution in [1.29, 1.82) is 5.26 Å². The first-order valence-corrected chi connectivity index (χ1v) is 7.10. The molecule has 1 aromatic carbocycles. The minimum Gasteiger partial charge on any atom is -0.394 e. The summed E-state index contributed by atoms with van der Waals surface area (Å²) in [6, 6.07) is 12.3. The summed E-state index contributed by atoms with van der Waals surface area (Å²) in [5.41, 5.74) is 0.928. The summed E-state index contributed by atoms with van der Waals surface area (Å²) < 4.78 is 0. The van der Waals surface area contributed by atoms with Crippen LogP contribution in [0.2, 0.25) is 0 Å². The maximum absolute atomic E-state index is 9.76. The molecule has 2 N–H and O–H groups in total. The van der Waals surface area contributed by atoms with Crippen LogP contribution in [0, 0.1) is 11.3 Å². The lowest BCUT2D eigenvalue weighted by atomic mass is 9.81. The molecule has 19 heavy (non-hydrogen) atoms. The highest BCUT2D eigenvalue weighted by molar-refractivity contribution is 5.20. The van der Waals surface area contributed by atoms with Gasteiger partial charge in [0.05, 0.1) is 19.1 Å². The highest BCUT2D eigenvalue weighted by atomic mass is 16.3. The van der Waals surface area contributed by atoms with E-state index in [0.717, 1.165) is 31.2 Å². The zero-order valence-electron chi connectivity index (χ0n) is 11.3. The fourth-order valence-electron chi connectivity index (χ4n) is 2.98. The Bertz CT molecular complexity index is 418. The van der Waals surface area contributed by atoms with Crippen molar-refractivity contribution >= 4 is 0 Å². The minimum absolute atomic E-state index is 0.0106. The van der Waals surface area contributed by atoms with Crippen molar-refractivity contribution in [3.05, 3.63) is 35.9 Å². The second-order valence-corrected chi connectivity index (χ2v) is 5.47. The lowest BCUT2D eigenvalue weighted by molar-refractivity contribution is 0.109. The third-order valence-electron chi connectivity index (χ3n) is 4.09. The van der Waals surface area contributed by atoms with E-state index in [1.54, 1.807) is 0 Å². The Kier molecular flexibility index (Phi) is 4.95. The molecule has 0 bridgehead atoms. The van der Waals surface area contributed by atoms with E-state index in [2.05, 4.69) is 11.4 Å². The monoisotopic (exact) mass is 258 g/mol. The lowest BCUT2D eigenvalue weighted by Crippen LogP contribution is -2.51. The molecule has 1 aromatic rings. The van der Waals surface area contributed by atoms with Gasteiger partial charge in [-0.15, -0.1) is 0 Å². The molecule has 2 rings (SSSR count). The summed E-state index contributed by atoms with van der Waals surface area (Å²) in [6.07, 6.45) is 5.99. The van der Waals surface area contributed by atoms with Crippen LogP contribution in [0.1, 0.15) is 50.1 Å². The van der Waals surface area contributed by atoms with Crippen LogP contribution < -0.4 is 5.32 Å². The molecule has 0 amide bonds. The predicted octanol–water partition coefficient (Wildman–Crippen LogP) is 2.93. The topological polar surface area (TPSA) is 56.0 Å². The molecule has 1 aliphatic carbocycles. The van der Waals surface area contributed by atoms with Crippen LogP contribution in [0.15, 0.2) is 30.3 Å². The van der Waals surface area contributed by atoms with E-state index in [1.807, 2.05) is 30.3 Å². The van der Waals surface area contributed by atoms with Gasteiger partial charge in [0.1, 0.15) is 0 Å². The molecule has 0 saturated heterocycles. The van der Waals surface area contributed by atoms with E-state index in [4.69, 9.17) is 5.26 Å². The van der Waals surface area contributed by atoms with Crippen molar-refractivity contribution < 1.29 is 5.11 Å².